The highest BCUT2D eigenvalue weighted by Crippen LogP contribution is 2.23. The highest BCUT2D eigenvalue weighted by atomic mass is 16.2. The standard InChI is InChI=1S/C21H28N4O2/c1-13(2)12-22-21(27)19-24-18(17-7-5-6-10-25(17)19)20(26)23-16-9-8-14(3)11-15(16)4/h8-9,11,13H,5-7,10,12H2,1-4H3,(H,22,27)(H,23,26). The highest BCUT2D eigenvalue weighted by Gasteiger charge is 2.27. The highest BCUT2D eigenvalue weighted by molar-refractivity contribution is 6.05. The van der Waals surface area contributed by atoms with Crippen molar-refractivity contribution in [3.05, 3.63) is 46.5 Å². The largest absolute Gasteiger partial charge is 0.349 e. The van der Waals surface area contributed by atoms with Gasteiger partial charge in [-0.2, -0.15) is 0 Å². The molecule has 1 aliphatic rings. The Morgan fingerprint density at radius 3 is 2.67 bits per heavy atom. The van der Waals surface area contributed by atoms with Gasteiger partial charge in [0.15, 0.2) is 11.5 Å². The Morgan fingerprint density at radius 1 is 1.19 bits per heavy atom. The van der Waals surface area contributed by atoms with E-state index in [-0.39, 0.29) is 11.8 Å². The van der Waals surface area contributed by atoms with Gasteiger partial charge in [-0.25, -0.2) is 4.98 Å². The van der Waals surface area contributed by atoms with E-state index in [9.17, 15) is 9.59 Å². The molecule has 0 saturated carbocycles. The summed E-state index contributed by atoms with van der Waals surface area (Å²) in [6.45, 7) is 9.39. The lowest BCUT2D eigenvalue weighted by Gasteiger charge is -2.17. The molecule has 6 nitrogen and oxygen atoms in total. The molecule has 3 rings (SSSR count). The van der Waals surface area contributed by atoms with Crippen molar-refractivity contribution in [1.29, 1.82) is 0 Å². The predicted molar refractivity (Wildman–Crippen MR) is 106 cm³/mol. The minimum absolute atomic E-state index is 0.211. The zero-order valence-electron chi connectivity index (χ0n) is 16.6. The van der Waals surface area contributed by atoms with Gasteiger partial charge in [0, 0.05) is 18.8 Å². The van der Waals surface area contributed by atoms with Crippen LogP contribution in [0.3, 0.4) is 0 Å². The molecule has 0 spiro atoms. The number of aromatic nitrogens is 2. The fourth-order valence-electron chi connectivity index (χ4n) is 3.41. The van der Waals surface area contributed by atoms with Crippen molar-refractivity contribution in [2.45, 2.75) is 53.5 Å². The molecule has 2 N–H and O–H groups in total. The summed E-state index contributed by atoms with van der Waals surface area (Å²) < 4.78 is 1.91. The minimum atomic E-state index is -0.254. The average molecular weight is 368 g/mol. The second kappa shape index (κ2) is 7.94. The molecule has 0 fully saturated rings. The Kier molecular flexibility index (Phi) is 5.63. The summed E-state index contributed by atoms with van der Waals surface area (Å²) in [4.78, 5) is 29.9. The van der Waals surface area contributed by atoms with E-state index < -0.39 is 0 Å². The van der Waals surface area contributed by atoms with Gasteiger partial charge in [-0.15, -0.1) is 0 Å². The maximum atomic E-state index is 12.9. The molecule has 0 saturated heterocycles. The number of hydrogen-bond acceptors (Lipinski definition) is 3. The van der Waals surface area contributed by atoms with Crippen LogP contribution in [0.2, 0.25) is 0 Å². The number of rotatable bonds is 5. The van der Waals surface area contributed by atoms with Gasteiger partial charge in [0.1, 0.15) is 0 Å². The number of nitrogens with one attached hydrogen (secondary N) is 2. The van der Waals surface area contributed by atoms with Gasteiger partial charge in [-0.1, -0.05) is 31.5 Å². The van der Waals surface area contributed by atoms with Crippen LogP contribution in [-0.2, 0) is 13.0 Å². The number of aryl methyl sites for hydroxylation is 2. The molecule has 27 heavy (non-hydrogen) atoms. The third-order valence-electron chi connectivity index (χ3n) is 4.84. The summed E-state index contributed by atoms with van der Waals surface area (Å²) in [5, 5.41) is 5.87. The number of amides is 2. The Morgan fingerprint density at radius 2 is 1.96 bits per heavy atom. The molecule has 0 aliphatic carbocycles. The van der Waals surface area contributed by atoms with Crippen molar-refractivity contribution < 1.29 is 9.59 Å². The summed E-state index contributed by atoms with van der Waals surface area (Å²) in [6.07, 6.45) is 2.76. The molecule has 2 aromatic rings. The zero-order valence-corrected chi connectivity index (χ0v) is 16.6. The van der Waals surface area contributed by atoms with Crippen LogP contribution in [-0.4, -0.2) is 27.9 Å². The number of carbonyl (C=O) groups is 2. The summed E-state index contributed by atoms with van der Waals surface area (Å²) in [5.41, 5.74) is 4.15. The van der Waals surface area contributed by atoms with Crippen LogP contribution < -0.4 is 10.6 Å². The van der Waals surface area contributed by atoms with E-state index >= 15 is 0 Å². The summed E-state index contributed by atoms with van der Waals surface area (Å²) in [5.74, 6) is 0.237. The smallest absolute Gasteiger partial charge is 0.287 e. The predicted octanol–water partition coefficient (Wildman–Crippen LogP) is 3.47. The molecule has 0 bridgehead atoms. The Bertz CT molecular complexity index is 867. The molecular formula is C21H28N4O2. The van der Waals surface area contributed by atoms with Crippen LogP contribution in [0.4, 0.5) is 5.69 Å². The third-order valence-corrected chi connectivity index (χ3v) is 4.84. The number of fused-ring (bicyclic) bond motifs is 1. The monoisotopic (exact) mass is 368 g/mol. The lowest BCUT2D eigenvalue weighted by molar-refractivity contribution is 0.0933. The zero-order chi connectivity index (χ0) is 19.6. The molecule has 144 valence electrons. The topological polar surface area (TPSA) is 76.0 Å². The van der Waals surface area contributed by atoms with Gasteiger partial charge in [-0.05, 0) is 50.7 Å². The molecular weight excluding hydrogens is 340 g/mol. The van der Waals surface area contributed by atoms with Crippen LogP contribution in [0.1, 0.15) is 64.6 Å². The second-order valence-electron chi connectivity index (χ2n) is 7.72. The van der Waals surface area contributed by atoms with Crippen LogP contribution in [0.5, 0.6) is 0 Å². The summed E-state index contributed by atoms with van der Waals surface area (Å²) >= 11 is 0. The molecule has 2 amide bonds. The van der Waals surface area contributed by atoms with Crippen molar-refractivity contribution in [3.63, 3.8) is 0 Å². The lowest BCUT2D eigenvalue weighted by Crippen LogP contribution is -2.30. The number of anilines is 1. The fraction of sp³-hybridized carbons (Fsp3) is 0.476. The first-order chi connectivity index (χ1) is 12.9. The van der Waals surface area contributed by atoms with Gasteiger partial charge < -0.3 is 15.2 Å². The normalized spacial score (nSPS) is 13.4. The number of nitrogens with zero attached hydrogens (tertiary/aromatic N) is 2. The molecule has 0 unspecified atom stereocenters. The molecule has 6 heteroatoms. The summed E-state index contributed by atoms with van der Waals surface area (Å²) in [6, 6.07) is 5.90. The number of benzene rings is 1. The lowest BCUT2D eigenvalue weighted by atomic mass is 10.1. The van der Waals surface area contributed by atoms with Crippen molar-refractivity contribution in [1.82, 2.24) is 14.9 Å². The van der Waals surface area contributed by atoms with Gasteiger partial charge in [0.25, 0.3) is 11.8 Å². The third kappa shape index (κ3) is 4.21. The van der Waals surface area contributed by atoms with E-state index in [4.69, 9.17) is 0 Å². The van der Waals surface area contributed by atoms with Crippen LogP contribution in [0.15, 0.2) is 18.2 Å². The molecule has 1 aliphatic heterocycles. The second-order valence-corrected chi connectivity index (χ2v) is 7.72. The van der Waals surface area contributed by atoms with E-state index in [2.05, 4.69) is 15.6 Å². The molecule has 1 aromatic heterocycles. The van der Waals surface area contributed by atoms with Crippen molar-refractivity contribution in [3.8, 4) is 0 Å². The quantitative estimate of drug-likeness (QED) is 0.848. The minimum Gasteiger partial charge on any atom is -0.349 e. The molecule has 0 atom stereocenters. The molecule has 1 aromatic carbocycles. The fourth-order valence-corrected chi connectivity index (χ4v) is 3.41. The summed E-state index contributed by atoms with van der Waals surface area (Å²) in [7, 11) is 0. The maximum Gasteiger partial charge on any atom is 0.287 e. The Labute approximate surface area is 160 Å². The SMILES string of the molecule is Cc1ccc(NC(=O)c2nc(C(=O)NCC(C)C)n3c2CCCC3)c(C)c1. The van der Waals surface area contributed by atoms with Gasteiger partial charge in [0.2, 0.25) is 0 Å². The van der Waals surface area contributed by atoms with E-state index in [1.54, 1.807) is 0 Å². The number of hydrogen-bond donors (Lipinski definition) is 2. The molecule has 0 radical (unpaired) electrons. The number of carbonyl (C=O) groups excluding carboxylic acids is 2. The van der Waals surface area contributed by atoms with Crippen LogP contribution in [0, 0.1) is 19.8 Å². The van der Waals surface area contributed by atoms with E-state index in [0.29, 0.717) is 24.0 Å². The van der Waals surface area contributed by atoms with E-state index in [0.717, 1.165) is 48.3 Å². The first-order valence-corrected chi connectivity index (χ1v) is 9.63. The first kappa shape index (κ1) is 19.1. The van der Waals surface area contributed by atoms with Crippen molar-refractivity contribution in [2.75, 3.05) is 11.9 Å². The van der Waals surface area contributed by atoms with Crippen molar-refractivity contribution >= 4 is 17.5 Å². The Hall–Kier alpha value is -2.63. The first-order valence-electron chi connectivity index (χ1n) is 9.63. The van der Waals surface area contributed by atoms with E-state index in [1.165, 1.54) is 0 Å². The number of imidazole rings is 1. The van der Waals surface area contributed by atoms with E-state index in [1.807, 2.05) is 50.5 Å². The molecule has 2 heterocycles. The van der Waals surface area contributed by atoms with Crippen LogP contribution >= 0.6 is 0 Å². The van der Waals surface area contributed by atoms with Crippen LogP contribution in [0.25, 0.3) is 0 Å². The average Bonchev–Trinajstić information content (AvgIpc) is 3.02. The van der Waals surface area contributed by atoms with Gasteiger partial charge in [-0.3, -0.25) is 9.59 Å². The van der Waals surface area contributed by atoms with Gasteiger partial charge >= 0.3 is 0 Å². The Balaban J connectivity index is 1.88. The van der Waals surface area contributed by atoms with Gasteiger partial charge in [0.05, 0.1) is 5.69 Å². The van der Waals surface area contributed by atoms with Crippen molar-refractivity contribution in [2.24, 2.45) is 5.92 Å². The maximum absolute atomic E-state index is 12.9.